The lowest BCUT2D eigenvalue weighted by Gasteiger charge is -2.11. The van der Waals surface area contributed by atoms with Crippen LogP contribution in [0.5, 0.6) is 0 Å². The lowest BCUT2D eigenvalue weighted by Crippen LogP contribution is -2.06. The van der Waals surface area contributed by atoms with Gasteiger partial charge < -0.3 is 10.1 Å². The third-order valence-corrected chi connectivity index (χ3v) is 4.15. The summed E-state index contributed by atoms with van der Waals surface area (Å²) in [5, 5.41) is 3.09. The van der Waals surface area contributed by atoms with E-state index in [1.165, 1.54) is 0 Å². The Kier molecular flexibility index (Phi) is 5.12. The third-order valence-electron chi connectivity index (χ3n) is 2.52. The number of hydrogen-bond donors (Lipinski definition) is 1. The summed E-state index contributed by atoms with van der Waals surface area (Å²) in [6.07, 6.45) is 0. The van der Waals surface area contributed by atoms with Gasteiger partial charge in [0, 0.05) is 24.2 Å². The molecule has 0 fully saturated rings. The molecule has 1 N–H and O–H groups in total. The maximum atomic E-state index is 5.19. The van der Waals surface area contributed by atoms with Crippen molar-refractivity contribution in [3.05, 3.63) is 38.0 Å². The second-order valence-electron chi connectivity index (χ2n) is 3.85. The molecule has 0 amide bonds. The molecule has 1 aromatic carbocycles. The van der Waals surface area contributed by atoms with Gasteiger partial charge in [-0.3, -0.25) is 0 Å². The summed E-state index contributed by atoms with van der Waals surface area (Å²) in [5.74, 6) is 1.51. The summed E-state index contributed by atoms with van der Waals surface area (Å²) in [6, 6.07) is 7.93. The minimum absolute atomic E-state index is 0.469. The summed E-state index contributed by atoms with van der Waals surface area (Å²) in [7, 11) is 3.52. The maximum absolute atomic E-state index is 5.19. The molecule has 0 spiro atoms. The number of halogens is 2. The average Bonchev–Trinajstić information content (AvgIpc) is 2.41. The highest BCUT2D eigenvalue weighted by molar-refractivity contribution is 14.1. The highest BCUT2D eigenvalue weighted by Crippen LogP contribution is 2.25. The molecule has 0 radical (unpaired) electrons. The van der Waals surface area contributed by atoms with Crippen LogP contribution in [-0.2, 0) is 11.3 Å². The van der Waals surface area contributed by atoms with Crippen molar-refractivity contribution in [2.24, 2.45) is 0 Å². The maximum Gasteiger partial charge on any atom is 0.161 e. The Labute approximate surface area is 134 Å². The second-order valence-corrected chi connectivity index (χ2v) is 5.84. The summed E-state index contributed by atoms with van der Waals surface area (Å²) in [4.78, 5) is 9.12. The van der Waals surface area contributed by atoms with Crippen molar-refractivity contribution in [2.45, 2.75) is 6.61 Å². The first-order chi connectivity index (χ1) is 9.15. The Morgan fingerprint density at radius 1 is 1.37 bits per heavy atom. The van der Waals surface area contributed by atoms with Crippen molar-refractivity contribution in [3.8, 4) is 11.4 Å². The normalized spacial score (nSPS) is 10.5. The average molecular weight is 434 g/mol. The van der Waals surface area contributed by atoms with E-state index in [9.17, 15) is 0 Å². The number of nitrogens with one attached hydrogen (secondary N) is 1. The van der Waals surface area contributed by atoms with Crippen LogP contribution >= 0.6 is 38.5 Å². The van der Waals surface area contributed by atoms with E-state index in [1.54, 1.807) is 7.11 Å². The molecule has 0 unspecified atom stereocenters. The number of hydrogen-bond acceptors (Lipinski definition) is 4. The molecule has 2 rings (SSSR count). The summed E-state index contributed by atoms with van der Waals surface area (Å²) < 4.78 is 7.18. The van der Waals surface area contributed by atoms with E-state index in [0.717, 1.165) is 25.1 Å². The topological polar surface area (TPSA) is 47.0 Å². The van der Waals surface area contributed by atoms with Crippen molar-refractivity contribution in [1.29, 1.82) is 0 Å². The molecule has 1 aromatic heterocycles. The van der Waals surface area contributed by atoms with Crippen molar-refractivity contribution >= 4 is 44.3 Å². The van der Waals surface area contributed by atoms with Gasteiger partial charge in [-0.1, -0.05) is 28.1 Å². The number of nitrogens with zero attached hydrogens (tertiary/aromatic N) is 2. The zero-order valence-corrected chi connectivity index (χ0v) is 14.3. The number of rotatable bonds is 4. The number of aromatic nitrogens is 2. The van der Waals surface area contributed by atoms with Gasteiger partial charge in [0.25, 0.3) is 0 Å². The lowest BCUT2D eigenvalue weighted by molar-refractivity contribution is 0.181. The fraction of sp³-hybridized carbons (Fsp3) is 0.231. The minimum atomic E-state index is 0.469. The van der Waals surface area contributed by atoms with Crippen molar-refractivity contribution < 1.29 is 4.74 Å². The van der Waals surface area contributed by atoms with Crippen molar-refractivity contribution in [2.75, 3.05) is 19.5 Å². The molecule has 6 heteroatoms. The molecule has 0 aliphatic heterocycles. The van der Waals surface area contributed by atoms with E-state index in [4.69, 9.17) is 4.74 Å². The van der Waals surface area contributed by atoms with E-state index in [2.05, 4.69) is 53.8 Å². The number of benzene rings is 1. The van der Waals surface area contributed by atoms with Gasteiger partial charge in [0.1, 0.15) is 5.82 Å². The van der Waals surface area contributed by atoms with Gasteiger partial charge >= 0.3 is 0 Å². The zero-order valence-electron chi connectivity index (χ0n) is 10.6. The Bertz CT molecular complexity index is 592. The minimum Gasteiger partial charge on any atom is -0.378 e. The van der Waals surface area contributed by atoms with Crippen molar-refractivity contribution in [1.82, 2.24) is 9.97 Å². The van der Waals surface area contributed by atoms with Gasteiger partial charge in [-0.2, -0.15) is 0 Å². The first-order valence-corrected chi connectivity index (χ1v) is 7.52. The van der Waals surface area contributed by atoms with Gasteiger partial charge in [-0.15, -0.1) is 0 Å². The SMILES string of the molecule is CNc1nc(-c2cccc(Br)c2)nc(COC)c1I. The monoisotopic (exact) mass is 433 g/mol. The summed E-state index contributed by atoms with van der Waals surface area (Å²) in [5.41, 5.74) is 1.86. The Morgan fingerprint density at radius 2 is 2.16 bits per heavy atom. The number of ether oxygens (including phenoxy) is 1. The van der Waals surface area contributed by atoms with Crippen LogP contribution in [0, 0.1) is 3.57 Å². The van der Waals surface area contributed by atoms with Crippen LogP contribution in [0.15, 0.2) is 28.7 Å². The highest BCUT2D eigenvalue weighted by atomic mass is 127. The second kappa shape index (κ2) is 6.62. The molecule has 4 nitrogen and oxygen atoms in total. The Balaban J connectivity index is 2.54. The molecule has 0 aliphatic rings. The molecule has 0 saturated carbocycles. The molecule has 0 saturated heterocycles. The number of anilines is 1. The molecule has 0 aliphatic carbocycles. The molecule has 1 heterocycles. The highest BCUT2D eigenvalue weighted by Gasteiger charge is 2.12. The van der Waals surface area contributed by atoms with E-state index >= 15 is 0 Å². The largest absolute Gasteiger partial charge is 0.378 e. The Hall–Kier alpha value is -0.730. The van der Waals surface area contributed by atoms with Gasteiger partial charge in [0.15, 0.2) is 5.82 Å². The first kappa shape index (κ1) is 14.7. The molecule has 19 heavy (non-hydrogen) atoms. The van der Waals surface area contributed by atoms with Crippen LogP contribution in [0.3, 0.4) is 0 Å². The first-order valence-electron chi connectivity index (χ1n) is 5.64. The molecule has 2 aromatic rings. The fourth-order valence-electron chi connectivity index (χ4n) is 1.65. The van der Waals surface area contributed by atoms with Crippen LogP contribution in [0.2, 0.25) is 0 Å². The van der Waals surface area contributed by atoms with Gasteiger partial charge in [-0.05, 0) is 34.7 Å². The quantitative estimate of drug-likeness (QED) is 0.747. The molecule has 0 atom stereocenters. The van der Waals surface area contributed by atoms with E-state index in [1.807, 2.05) is 31.3 Å². The standard InChI is InChI=1S/C13H13BrIN3O/c1-16-13-11(15)10(7-19-2)17-12(18-13)8-4-3-5-9(14)6-8/h3-6H,7H2,1-2H3,(H,16,17,18). The molecular formula is C13H13BrIN3O. The van der Waals surface area contributed by atoms with Crippen LogP contribution in [0.1, 0.15) is 5.69 Å². The fourth-order valence-corrected chi connectivity index (χ4v) is 2.71. The predicted octanol–water partition coefficient (Wildman–Crippen LogP) is 3.70. The summed E-state index contributed by atoms with van der Waals surface area (Å²) in [6.45, 7) is 0.469. The zero-order chi connectivity index (χ0) is 13.8. The van der Waals surface area contributed by atoms with E-state index in [-0.39, 0.29) is 0 Å². The van der Waals surface area contributed by atoms with Gasteiger partial charge in [-0.25, -0.2) is 9.97 Å². The van der Waals surface area contributed by atoms with E-state index in [0.29, 0.717) is 12.4 Å². The third kappa shape index (κ3) is 3.43. The summed E-state index contributed by atoms with van der Waals surface area (Å²) >= 11 is 5.69. The van der Waals surface area contributed by atoms with Crippen LogP contribution in [0.25, 0.3) is 11.4 Å². The Morgan fingerprint density at radius 3 is 2.79 bits per heavy atom. The molecule has 100 valence electrons. The van der Waals surface area contributed by atoms with Gasteiger partial charge in [0.2, 0.25) is 0 Å². The van der Waals surface area contributed by atoms with Crippen LogP contribution in [0.4, 0.5) is 5.82 Å². The lowest BCUT2D eigenvalue weighted by atomic mass is 10.2. The molecule has 0 bridgehead atoms. The molecular weight excluding hydrogens is 421 g/mol. The van der Waals surface area contributed by atoms with Gasteiger partial charge in [0.05, 0.1) is 15.9 Å². The van der Waals surface area contributed by atoms with Crippen LogP contribution < -0.4 is 5.32 Å². The number of methoxy groups -OCH3 is 1. The van der Waals surface area contributed by atoms with Crippen molar-refractivity contribution in [3.63, 3.8) is 0 Å². The van der Waals surface area contributed by atoms with Crippen LogP contribution in [-0.4, -0.2) is 24.1 Å². The smallest absolute Gasteiger partial charge is 0.161 e. The van der Waals surface area contributed by atoms with E-state index < -0.39 is 0 Å². The predicted molar refractivity (Wildman–Crippen MR) is 88.1 cm³/mol.